The van der Waals surface area contributed by atoms with E-state index in [-0.39, 0.29) is 18.3 Å². The van der Waals surface area contributed by atoms with Crippen molar-refractivity contribution in [2.45, 2.75) is 44.7 Å². The summed E-state index contributed by atoms with van der Waals surface area (Å²) in [5.74, 6) is 0.172. The molecule has 0 radical (unpaired) electrons. The van der Waals surface area contributed by atoms with E-state index in [1.807, 2.05) is 29.2 Å². The van der Waals surface area contributed by atoms with Crippen molar-refractivity contribution in [3.63, 3.8) is 0 Å². The van der Waals surface area contributed by atoms with E-state index in [9.17, 15) is 4.79 Å². The van der Waals surface area contributed by atoms with Crippen molar-refractivity contribution in [2.24, 2.45) is 5.73 Å². The standard InChI is InChI=1S/C18H27N3O.ClH/c19-14-15-5-7-16(8-6-15)18(22)21-12-3-4-17(9-13-21)20-10-1-2-11-20;/h5-8,17H,1-4,9-14,19H2;1H. The van der Waals surface area contributed by atoms with Gasteiger partial charge in [0.2, 0.25) is 0 Å². The SMILES string of the molecule is Cl.NCc1ccc(C(=O)N2CCCC(N3CCCC3)CC2)cc1. The van der Waals surface area contributed by atoms with Gasteiger partial charge in [0.05, 0.1) is 0 Å². The Hall–Kier alpha value is -1.10. The molecule has 3 rings (SSSR count). The van der Waals surface area contributed by atoms with Crippen molar-refractivity contribution < 1.29 is 4.79 Å². The Morgan fingerprint density at radius 1 is 1.00 bits per heavy atom. The number of nitrogens with two attached hydrogens (primary N) is 1. The summed E-state index contributed by atoms with van der Waals surface area (Å²) in [4.78, 5) is 17.3. The summed E-state index contributed by atoms with van der Waals surface area (Å²) in [7, 11) is 0. The molecule has 23 heavy (non-hydrogen) atoms. The molecule has 1 aromatic carbocycles. The van der Waals surface area contributed by atoms with Crippen LogP contribution >= 0.6 is 12.4 Å². The van der Waals surface area contributed by atoms with Gasteiger partial charge in [0, 0.05) is 31.2 Å². The Bertz CT molecular complexity index is 499. The molecule has 2 N–H and O–H groups in total. The topological polar surface area (TPSA) is 49.6 Å². The number of benzene rings is 1. The van der Waals surface area contributed by atoms with Crippen LogP contribution in [0.2, 0.25) is 0 Å². The van der Waals surface area contributed by atoms with Crippen molar-refractivity contribution >= 4 is 18.3 Å². The second-order valence-corrected chi connectivity index (χ2v) is 6.52. The molecule has 0 aromatic heterocycles. The first-order valence-electron chi connectivity index (χ1n) is 8.60. The first-order chi connectivity index (χ1) is 10.8. The number of carbonyl (C=O) groups excluding carboxylic acids is 1. The minimum atomic E-state index is 0. The first kappa shape index (κ1) is 18.2. The summed E-state index contributed by atoms with van der Waals surface area (Å²) in [5.41, 5.74) is 7.47. The van der Waals surface area contributed by atoms with Crippen molar-refractivity contribution in [1.82, 2.24) is 9.80 Å². The number of carbonyl (C=O) groups is 1. The molecular formula is C18H28ClN3O. The Kier molecular flexibility index (Phi) is 6.88. The third-order valence-electron chi connectivity index (χ3n) is 5.08. The van der Waals surface area contributed by atoms with Crippen molar-refractivity contribution in [3.8, 4) is 0 Å². The lowest BCUT2D eigenvalue weighted by Crippen LogP contribution is -2.35. The predicted molar refractivity (Wildman–Crippen MR) is 95.9 cm³/mol. The summed E-state index contributed by atoms with van der Waals surface area (Å²) in [6, 6.07) is 8.41. The van der Waals surface area contributed by atoms with Gasteiger partial charge in [-0.25, -0.2) is 0 Å². The Labute approximate surface area is 145 Å². The van der Waals surface area contributed by atoms with Crippen molar-refractivity contribution in [2.75, 3.05) is 26.2 Å². The van der Waals surface area contributed by atoms with Crippen molar-refractivity contribution in [1.29, 1.82) is 0 Å². The van der Waals surface area contributed by atoms with E-state index in [0.29, 0.717) is 12.6 Å². The molecule has 0 aliphatic carbocycles. The summed E-state index contributed by atoms with van der Waals surface area (Å²) < 4.78 is 0. The van der Waals surface area contributed by atoms with Crippen LogP contribution in [0.4, 0.5) is 0 Å². The van der Waals surface area contributed by atoms with Crippen LogP contribution < -0.4 is 5.73 Å². The number of hydrogen-bond acceptors (Lipinski definition) is 3. The molecule has 1 atom stereocenters. The average Bonchev–Trinajstić information content (AvgIpc) is 2.99. The maximum absolute atomic E-state index is 12.7. The summed E-state index contributed by atoms with van der Waals surface area (Å²) in [6.07, 6.45) is 6.15. The Morgan fingerprint density at radius 3 is 2.35 bits per heavy atom. The number of amides is 1. The third-order valence-corrected chi connectivity index (χ3v) is 5.08. The maximum atomic E-state index is 12.7. The van der Waals surface area contributed by atoms with Gasteiger partial charge in [-0.3, -0.25) is 4.79 Å². The van der Waals surface area contributed by atoms with Gasteiger partial charge in [-0.05, 0) is 62.9 Å². The minimum absolute atomic E-state index is 0. The van der Waals surface area contributed by atoms with Crippen LogP contribution in [-0.4, -0.2) is 47.9 Å². The highest BCUT2D eigenvalue weighted by molar-refractivity contribution is 5.94. The van der Waals surface area contributed by atoms with Gasteiger partial charge in [-0.1, -0.05) is 12.1 Å². The molecule has 1 unspecified atom stereocenters. The molecule has 2 saturated heterocycles. The molecule has 2 aliphatic heterocycles. The Morgan fingerprint density at radius 2 is 1.70 bits per heavy atom. The molecule has 0 saturated carbocycles. The van der Waals surface area contributed by atoms with Gasteiger partial charge in [0.1, 0.15) is 0 Å². The molecule has 2 heterocycles. The zero-order valence-corrected chi connectivity index (χ0v) is 14.6. The fourth-order valence-corrected chi connectivity index (χ4v) is 3.72. The quantitative estimate of drug-likeness (QED) is 0.922. The molecule has 0 spiro atoms. The molecule has 0 bridgehead atoms. The smallest absolute Gasteiger partial charge is 0.253 e. The first-order valence-corrected chi connectivity index (χ1v) is 8.60. The van der Waals surface area contributed by atoms with E-state index < -0.39 is 0 Å². The van der Waals surface area contributed by atoms with Crippen LogP contribution in [0.25, 0.3) is 0 Å². The van der Waals surface area contributed by atoms with Crippen LogP contribution in [0.15, 0.2) is 24.3 Å². The lowest BCUT2D eigenvalue weighted by atomic mass is 10.1. The van der Waals surface area contributed by atoms with Gasteiger partial charge < -0.3 is 15.5 Å². The zero-order chi connectivity index (χ0) is 15.4. The van der Waals surface area contributed by atoms with Gasteiger partial charge in [-0.15, -0.1) is 12.4 Å². The van der Waals surface area contributed by atoms with E-state index in [1.54, 1.807) is 0 Å². The molecule has 2 fully saturated rings. The van der Waals surface area contributed by atoms with Crippen LogP contribution in [0, 0.1) is 0 Å². The molecule has 2 aliphatic rings. The van der Waals surface area contributed by atoms with Crippen LogP contribution in [0.5, 0.6) is 0 Å². The van der Waals surface area contributed by atoms with Gasteiger partial charge in [0.25, 0.3) is 5.91 Å². The highest BCUT2D eigenvalue weighted by Gasteiger charge is 2.26. The molecular weight excluding hydrogens is 310 g/mol. The summed E-state index contributed by atoms with van der Waals surface area (Å²) >= 11 is 0. The number of halogens is 1. The normalized spacial score (nSPS) is 22.5. The number of likely N-dealkylation sites (tertiary alicyclic amines) is 2. The van der Waals surface area contributed by atoms with Crippen molar-refractivity contribution in [3.05, 3.63) is 35.4 Å². The lowest BCUT2D eigenvalue weighted by Gasteiger charge is -2.26. The molecule has 1 aromatic rings. The highest BCUT2D eigenvalue weighted by atomic mass is 35.5. The fourth-order valence-electron chi connectivity index (χ4n) is 3.72. The van der Waals surface area contributed by atoms with Gasteiger partial charge >= 0.3 is 0 Å². The van der Waals surface area contributed by atoms with Gasteiger partial charge in [0.15, 0.2) is 0 Å². The molecule has 1 amide bonds. The highest BCUT2D eigenvalue weighted by Crippen LogP contribution is 2.22. The van der Waals surface area contributed by atoms with E-state index in [1.165, 1.54) is 32.4 Å². The van der Waals surface area contributed by atoms with Crippen LogP contribution in [0.1, 0.15) is 48.0 Å². The lowest BCUT2D eigenvalue weighted by molar-refractivity contribution is 0.0757. The Balaban J connectivity index is 0.00000192. The average molecular weight is 338 g/mol. The van der Waals surface area contributed by atoms with Crippen LogP contribution in [-0.2, 0) is 6.54 Å². The summed E-state index contributed by atoms with van der Waals surface area (Å²) in [6.45, 7) is 4.80. The van der Waals surface area contributed by atoms with Crippen LogP contribution in [0.3, 0.4) is 0 Å². The molecule has 128 valence electrons. The van der Waals surface area contributed by atoms with Gasteiger partial charge in [-0.2, -0.15) is 0 Å². The number of hydrogen-bond donors (Lipinski definition) is 1. The second kappa shape index (κ2) is 8.67. The number of nitrogens with zero attached hydrogens (tertiary/aromatic N) is 2. The molecule has 5 heteroatoms. The molecule has 4 nitrogen and oxygen atoms in total. The van der Waals surface area contributed by atoms with E-state index in [0.717, 1.165) is 37.1 Å². The monoisotopic (exact) mass is 337 g/mol. The summed E-state index contributed by atoms with van der Waals surface area (Å²) in [5, 5.41) is 0. The van der Waals surface area contributed by atoms with E-state index in [2.05, 4.69) is 4.90 Å². The second-order valence-electron chi connectivity index (χ2n) is 6.52. The largest absolute Gasteiger partial charge is 0.339 e. The minimum Gasteiger partial charge on any atom is -0.339 e. The zero-order valence-electron chi connectivity index (χ0n) is 13.7. The predicted octanol–water partition coefficient (Wildman–Crippen LogP) is 2.66. The van der Waals surface area contributed by atoms with E-state index in [4.69, 9.17) is 5.73 Å². The number of rotatable bonds is 3. The van der Waals surface area contributed by atoms with E-state index >= 15 is 0 Å². The maximum Gasteiger partial charge on any atom is 0.253 e. The third kappa shape index (κ3) is 4.46. The fraction of sp³-hybridized carbons (Fsp3) is 0.611.